The second-order valence-electron chi connectivity index (χ2n) is 5.95. The van der Waals surface area contributed by atoms with Crippen LogP contribution in [-0.2, 0) is 6.54 Å². The third-order valence-corrected chi connectivity index (χ3v) is 4.16. The Labute approximate surface area is 147 Å². The van der Waals surface area contributed by atoms with Crippen LogP contribution in [0.2, 0.25) is 0 Å². The molecule has 5 heteroatoms. The number of amides is 1. The molecule has 0 spiro atoms. The molecule has 0 bridgehead atoms. The first kappa shape index (κ1) is 16.8. The molecule has 25 heavy (non-hydrogen) atoms. The quantitative estimate of drug-likeness (QED) is 0.764. The van der Waals surface area contributed by atoms with Crippen LogP contribution in [0.15, 0.2) is 42.6 Å². The van der Waals surface area contributed by atoms with Gasteiger partial charge in [0.15, 0.2) is 0 Å². The Hall–Kier alpha value is -3.00. The molecule has 1 saturated carbocycles. The number of pyridine rings is 1. The molecule has 1 aliphatic carbocycles. The van der Waals surface area contributed by atoms with Crippen LogP contribution in [0, 0.1) is 12.3 Å². The van der Waals surface area contributed by atoms with Crippen molar-refractivity contribution in [3.05, 3.63) is 53.7 Å². The predicted octanol–water partition coefficient (Wildman–Crippen LogP) is 2.99. The van der Waals surface area contributed by atoms with Gasteiger partial charge in [0.25, 0.3) is 5.91 Å². The fourth-order valence-corrected chi connectivity index (χ4v) is 2.48. The molecule has 0 saturated heterocycles. The molecule has 1 aromatic carbocycles. The first-order chi connectivity index (χ1) is 12.3. The van der Waals surface area contributed by atoms with E-state index in [4.69, 9.17) is 11.2 Å². The Morgan fingerprint density at radius 1 is 1.28 bits per heavy atom. The maximum absolute atomic E-state index is 11.8. The Bertz CT molecular complexity index is 761. The second kappa shape index (κ2) is 8.20. The lowest BCUT2D eigenvalue weighted by atomic mass is 9.96. The van der Waals surface area contributed by atoms with E-state index in [1.807, 2.05) is 24.3 Å². The lowest BCUT2D eigenvalue weighted by Gasteiger charge is -2.27. The third kappa shape index (κ3) is 4.51. The maximum atomic E-state index is 11.8. The number of rotatable bonds is 7. The minimum absolute atomic E-state index is 0.205. The number of nitrogens with one attached hydrogen (secondary N) is 2. The molecule has 0 radical (unpaired) electrons. The van der Waals surface area contributed by atoms with Gasteiger partial charge in [-0.15, -0.1) is 6.42 Å². The molecule has 1 aromatic heterocycles. The van der Waals surface area contributed by atoms with Crippen LogP contribution >= 0.6 is 0 Å². The maximum Gasteiger partial charge on any atom is 0.253 e. The summed E-state index contributed by atoms with van der Waals surface area (Å²) in [6.07, 6.45) is 10.5. The number of ether oxygens (including phenoxy) is 1. The molecule has 1 fully saturated rings. The standard InChI is InChI=1S/C20H21N3O2/c1-2-12-21-20(24)16-10-11-19(23-14-16)22-13-15-6-3-4-9-18(15)25-17-7-5-8-17/h1,3-4,6,9-11,14,17H,5,7-8,12-13H2,(H,21,24)(H,22,23). The summed E-state index contributed by atoms with van der Waals surface area (Å²) in [7, 11) is 0. The average molecular weight is 335 g/mol. The van der Waals surface area contributed by atoms with E-state index in [-0.39, 0.29) is 12.5 Å². The number of carbonyl (C=O) groups excluding carboxylic acids is 1. The number of anilines is 1. The first-order valence-electron chi connectivity index (χ1n) is 8.42. The number of benzene rings is 1. The molecule has 0 unspecified atom stereocenters. The zero-order valence-corrected chi connectivity index (χ0v) is 14.0. The zero-order valence-electron chi connectivity index (χ0n) is 14.0. The smallest absolute Gasteiger partial charge is 0.253 e. The fourth-order valence-electron chi connectivity index (χ4n) is 2.48. The summed E-state index contributed by atoms with van der Waals surface area (Å²) in [5.41, 5.74) is 1.57. The van der Waals surface area contributed by atoms with Crippen molar-refractivity contribution in [1.29, 1.82) is 0 Å². The molecule has 1 amide bonds. The van der Waals surface area contributed by atoms with Crippen LogP contribution in [0.25, 0.3) is 0 Å². The Balaban J connectivity index is 1.58. The number of carbonyl (C=O) groups is 1. The van der Waals surface area contributed by atoms with E-state index >= 15 is 0 Å². The number of terminal acetylenes is 1. The van der Waals surface area contributed by atoms with E-state index in [2.05, 4.69) is 21.5 Å². The molecule has 0 aliphatic heterocycles. The summed E-state index contributed by atoms with van der Waals surface area (Å²) in [4.78, 5) is 16.1. The topological polar surface area (TPSA) is 63.2 Å². The molecular formula is C20H21N3O2. The van der Waals surface area contributed by atoms with Crippen molar-refractivity contribution >= 4 is 11.7 Å². The Morgan fingerprint density at radius 2 is 2.12 bits per heavy atom. The number of para-hydroxylation sites is 1. The summed E-state index contributed by atoms with van der Waals surface area (Å²) >= 11 is 0. The fraction of sp³-hybridized carbons (Fsp3) is 0.300. The van der Waals surface area contributed by atoms with Crippen LogP contribution in [0.5, 0.6) is 5.75 Å². The van der Waals surface area contributed by atoms with Gasteiger partial charge in [0.1, 0.15) is 11.6 Å². The van der Waals surface area contributed by atoms with Crippen molar-refractivity contribution < 1.29 is 9.53 Å². The lowest BCUT2D eigenvalue weighted by molar-refractivity contribution is 0.0958. The normalized spacial score (nSPS) is 13.4. The molecule has 2 aromatic rings. The monoisotopic (exact) mass is 335 g/mol. The first-order valence-corrected chi connectivity index (χ1v) is 8.42. The summed E-state index contributed by atoms with van der Waals surface area (Å²) in [6, 6.07) is 11.5. The summed E-state index contributed by atoms with van der Waals surface area (Å²) in [6.45, 7) is 0.815. The third-order valence-electron chi connectivity index (χ3n) is 4.16. The molecule has 0 atom stereocenters. The molecular weight excluding hydrogens is 314 g/mol. The van der Waals surface area contributed by atoms with E-state index < -0.39 is 0 Å². The highest BCUT2D eigenvalue weighted by Gasteiger charge is 2.20. The minimum atomic E-state index is -0.226. The van der Waals surface area contributed by atoms with Gasteiger partial charge >= 0.3 is 0 Å². The number of aromatic nitrogens is 1. The van der Waals surface area contributed by atoms with Gasteiger partial charge in [0, 0.05) is 18.3 Å². The number of hydrogen-bond acceptors (Lipinski definition) is 4. The van der Waals surface area contributed by atoms with Gasteiger partial charge in [-0.25, -0.2) is 4.98 Å². The van der Waals surface area contributed by atoms with Crippen LogP contribution in [0.1, 0.15) is 35.2 Å². The number of hydrogen-bond donors (Lipinski definition) is 2. The van der Waals surface area contributed by atoms with Crippen molar-refractivity contribution in [3.8, 4) is 18.1 Å². The Kier molecular flexibility index (Phi) is 5.53. The van der Waals surface area contributed by atoms with Crippen molar-refractivity contribution in [2.45, 2.75) is 31.9 Å². The van der Waals surface area contributed by atoms with Gasteiger partial charge in [-0.3, -0.25) is 4.79 Å². The van der Waals surface area contributed by atoms with Gasteiger partial charge in [-0.1, -0.05) is 24.1 Å². The molecule has 128 valence electrons. The van der Waals surface area contributed by atoms with Gasteiger partial charge in [-0.05, 0) is 37.5 Å². The second-order valence-corrected chi connectivity index (χ2v) is 5.95. The summed E-state index contributed by atoms with van der Waals surface area (Å²) < 4.78 is 6.03. The van der Waals surface area contributed by atoms with Crippen LogP contribution in [0.3, 0.4) is 0 Å². The highest BCUT2D eigenvalue weighted by Crippen LogP contribution is 2.27. The van der Waals surface area contributed by atoms with Gasteiger partial charge in [-0.2, -0.15) is 0 Å². The highest BCUT2D eigenvalue weighted by atomic mass is 16.5. The molecule has 1 heterocycles. The van der Waals surface area contributed by atoms with E-state index in [0.29, 0.717) is 24.0 Å². The van der Waals surface area contributed by atoms with E-state index in [9.17, 15) is 4.79 Å². The molecule has 3 rings (SSSR count). The average Bonchev–Trinajstić information content (AvgIpc) is 2.62. The largest absolute Gasteiger partial charge is 0.490 e. The molecule has 1 aliphatic rings. The number of nitrogens with zero attached hydrogens (tertiary/aromatic N) is 1. The van der Waals surface area contributed by atoms with E-state index in [1.54, 1.807) is 12.1 Å². The van der Waals surface area contributed by atoms with Crippen LogP contribution in [-0.4, -0.2) is 23.5 Å². The SMILES string of the molecule is C#CCNC(=O)c1ccc(NCc2ccccc2OC2CCC2)nc1. The van der Waals surface area contributed by atoms with Crippen LogP contribution < -0.4 is 15.4 Å². The zero-order chi connectivity index (χ0) is 17.5. The highest BCUT2D eigenvalue weighted by molar-refractivity contribution is 5.94. The van der Waals surface area contributed by atoms with Crippen molar-refractivity contribution in [1.82, 2.24) is 10.3 Å². The van der Waals surface area contributed by atoms with E-state index in [1.165, 1.54) is 12.6 Å². The molecule has 5 nitrogen and oxygen atoms in total. The van der Waals surface area contributed by atoms with Gasteiger partial charge in [0.2, 0.25) is 0 Å². The summed E-state index contributed by atoms with van der Waals surface area (Å²) in [5.74, 6) is 3.77. The van der Waals surface area contributed by atoms with Gasteiger partial charge < -0.3 is 15.4 Å². The van der Waals surface area contributed by atoms with Crippen LogP contribution in [0.4, 0.5) is 5.82 Å². The van der Waals surface area contributed by atoms with Crippen molar-refractivity contribution in [3.63, 3.8) is 0 Å². The lowest BCUT2D eigenvalue weighted by Crippen LogP contribution is -2.25. The van der Waals surface area contributed by atoms with Crippen molar-refractivity contribution in [2.75, 3.05) is 11.9 Å². The summed E-state index contributed by atoms with van der Waals surface area (Å²) in [5, 5.41) is 5.88. The molecule has 2 N–H and O–H groups in total. The Morgan fingerprint density at radius 3 is 2.80 bits per heavy atom. The predicted molar refractivity (Wildman–Crippen MR) is 97.4 cm³/mol. The van der Waals surface area contributed by atoms with E-state index in [0.717, 1.165) is 24.2 Å². The van der Waals surface area contributed by atoms with Crippen molar-refractivity contribution in [2.24, 2.45) is 0 Å². The minimum Gasteiger partial charge on any atom is -0.490 e. The van der Waals surface area contributed by atoms with Gasteiger partial charge in [0.05, 0.1) is 18.2 Å².